The van der Waals surface area contributed by atoms with E-state index < -0.39 is 11.6 Å². The Morgan fingerprint density at radius 1 is 1.14 bits per heavy atom. The van der Waals surface area contributed by atoms with Crippen molar-refractivity contribution >= 4 is 5.91 Å². The van der Waals surface area contributed by atoms with Crippen LogP contribution in [0.4, 0.5) is 8.78 Å². The molecule has 2 rings (SSSR count). The largest absolute Gasteiger partial charge is 0.496 e. The van der Waals surface area contributed by atoms with Gasteiger partial charge >= 0.3 is 0 Å². The molecule has 0 spiro atoms. The molecule has 0 aliphatic heterocycles. The van der Waals surface area contributed by atoms with Crippen molar-refractivity contribution in [1.29, 1.82) is 0 Å². The molecule has 0 aliphatic carbocycles. The van der Waals surface area contributed by atoms with Crippen molar-refractivity contribution in [3.63, 3.8) is 0 Å². The Morgan fingerprint density at radius 2 is 1.90 bits per heavy atom. The van der Waals surface area contributed by atoms with Crippen LogP contribution >= 0.6 is 0 Å². The third-order valence-corrected chi connectivity index (χ3v) is 3.03. The minimum absolute atomic E-state index is 0.0652. The summed E-state index contributed by atoms with van der Waals surface area (Å²) < 4.78 is 31.7. The van der Waals surface area contributed by atoms with Gasteiger partial charge in [0, 0.05) is 12.1 Å². The molecule has 1 amide bonds. The van der Waals surface area contributed by atoms with Crippen LogP contribution in [0.2, 0.25) is 0 Å². The zero-order chi connectivity index (χ0) is 15.2. The SMILES string of the molecule is COc1ccc(F)cc1CNC(=O)Cc1ccccc1F. The summed E-state index contributed by atoms with van der Waals surface area (Å²) in [6.07, 6.45) is -0.0652. The summed E-state index contributed by atoms with van der Waals surface area (Å²) in [4.78, 5) is 11.8. The van der Waals surface area contributed by atoms with Crippen LogP contribution in [0, 0.1) is 11.6 Å². The van der Waals surface area contributed by atoms with E-state index in [1.807, 2.05) is 0 Å². The van der Waals surface area contributed by atoms with Crippen molar-refractivity contribution < 1.29 is 18.3 Å². The Hall–Kier alpha value is -2.43. The predicted octanol–water partition coefficient (Wildman–Crippen LogP) is 2.83. The van der Waals surface area contributed by atoms with E-state index in [9.17, 15) is 13.6 Å². The van der Waals surface area contributed by atoms with Gasteiger partial charge in [0.15, 0.2) is 0 Å². The van der Waals surface area contributed by atoms with Gasteiger partial charge in [0.05, 0.1) is 13.5 Å². The lowest BCUT2D eigenvalue weighted by atomic mass is 10.1. The van der Waals surface area contributed by atoms with Crippen LogP contribution in [0.25, 0.3) is 0 Å². The van der Waals surface area contributed by atoms with Gasteiger partial charge in [0.25, 0.3) is 0 Å². The summed E-state index contributed by atoms with van der Waals surface area (Å²) in [5.74, 6) is -0.681. The zero-order valence-electron chi connectivity index (χ0n) is 11.5. The molecule has 0 aromatic heterocycles. The highest BCUT2D eigenvalue weighted by atomic mass is 19.1. The van der Waals surface area contributed by atoms with Crippen LogP contribution in [-0.4, -0.2) is 13.0 Å². The number of benzene rings is 2. The summed E-state index contributed by atoms with van der Waals surface area (Å²) in [5, 5.41) is 2.62. The molecule has 0 bridgehead atoms. The molecule has 2 aromatic carbocycles. The third kappa shape index (κ3) is 4.02. The highest BCUT2D eigenvalue weighted by Crippen LogP contribution is 2.19. The highest BCUT2D eigenvalue weighted by molar-refractivity contribution is 5.78. The summed E-state index contributed by atoms with van der Waals surface area (Å²) in [6.45, 7) is 0.119. The number of methoxy groups -OCH3 is 1. The van der Waals surface area contributed by atoms with Gasteiger partial charge in [0.2, 0.25) is 5.91 Å². The van der Waals surface area contributed by atoms with Crippen LogP contribution in [-0.2, 0) is 17.8 Å². The molecule has 1 N–H and O–H groups in total. The number of ether oxygens (including phenoxy) is 1. The van der Waals surface area contributed by atoms with Crippen LogP contribution in [0.3, 0.4) is 0 Å². The van der Waals surface area contributed by atoms with Crippen molar-refractivity contribution in [2.24, 2.45) is 0 Å². The number of amides is 1. The normalized spacial score (nSPS) is 10.2. The lowest BCUT2D eigenvalue weighted by Gasteiger charge is -2.10. The van der Waals surface area contributed by atoms with E-state index in [2.05, 4.69) is 5.32 Å². The van der Waals surface area contributed by atoms with Crippen LogP contribution < -0.4 is 10.1 Å². The Morgan fingerprint density at radius 3 is 2.62 bits per heavy atom. The van der Waals surface area contributed by atoms with Gasteiger partial charge in [-0.05, 0) is 29.8 Å². The molecule has 5 heteroatoms. The molecule has 110 valence electrons. The van der Waals surface area contributed by atoms with Crippen LogP contribution in [0.5, 0.6) is 5.75 Å². The first-order chi connectivity index (χ1) is 10.1. The Labute approximate surface area is 121 Å². The van der Waals surface area contributed by atoms with Crippen LogP contribution in [0.15, 0.2) is 42.5 Å². The average Bonchev–Trinajstić information content (AvgIpc) is 2.48. The van der Waals surface area contributed by atoms with Gasteiger partial charge in [0.1, 0.15) is 17.4 Å². The van der Waals surface area contributed by atoms with Crippen molar-refractivity contribution in [2.45, 2.75) is 13.0 Å². The smallest absolute Gasteiger partial charge is 0.224 e. The van der Waals surface area contributed by atoms with Gasteiger partial charge in [-0.25, -0.2) is 8.78 Å². The standard InChI is InChI=1S/C16H15F2NO2/c1-21-15-7-6-13(17)8-12(15)10-19-16(20)9-11-4-2-3-5-14(11)18/h2-8H,9-10H2,1H3,(H,19,20). The quantitative estimate of drug-likeness (QED) is 0.920. The Balaban J connectivity index is 1.98. The minimum Gasteiger partial charge on any atom is -0.496 e. The fourth-order valence-corrected chi connectivity index (χ4v) is 1.96. The first-order valence-corrected chi connectivity index (χ1v) is 6.42. The first kappa shape index (κ1) is 15.0. The molecule has 0 saturated carbocycles. The van der Waals surface area contributed by atoms with E-state index in [4.69, 9.17) is 4.74 Å². The highest BCUT2D eigenvalue weighted by Gasteiger charge is 2.09. The average molecular weight is 291 g/mol. The monoisotopic (exact) mass is 291 g/mol. The second-order valence-corrected chi connectivity index (χ2v) is 4.50. The van der Waals surface area contributed by atoms with E-state index in [-0.39, 0.29) is 18.9 Å². The number of hydrogen-bond acceptors (Lipinski definition) is 2. The molecule has 0 aliphatic rings. The van der Waals surface area contributed by atoms with E-state index in [0.717, 1.165) is 0 Å². The summed E-state index contributed by atoms with van der Waals surface area (Å²) in [5.41, 5.74) is 0.848. The Bertz CT molecular complexity index is 644. The number of halogens is 2. The molecule has 0 unspecified atom stereocenters. The van der Waals surface area contributed by atoms with Crippen molar-refractivity contribution in [3.05, 3.63) is 65.2 Å². The zero-order valence-corrected chi connectivity index (χ0v) is 11.5. The molecule has 3 nitrogen and oxygen atoms in total. The number of carbonyl (C=O) groups is 1. The van der Waals surface area contributed by atoms with Gasteiger partial charge in [-0.15, -0.1) is 0 Å². The van der Waals surface area contributed by atoms with Gasteiger partial charge < -0.3 is 10.1 Å². The number of hydrogen-bond donors (Lipinski definition) is 1. The van der Waals surface area contributed by atoms with E-state index in [0.29, 0.717) is 16.9 Å². The van der Waals surface area contributed by atoms with Crippen molar-refractivity contribution in [1.82, 2.24) is 5.32 Å². The van der Waals surface area contributed by atoms with Crippen LogP contribution in [0.1, 0.15) is 11.1 Å². The number of nitrogens with one attached hydrogen (secondary N) is 1. The molecule has 2 aromatic rings. The summed E-state index contributed by atoms with van der Waals surface area (Å²) >= 11 is 0. The lowest BCUT2D eigenvalue weighted by Crippen LogP contribution is -2.25. The first-order valence-electron chi connectivity index (χ1n) is 6.42. The molecular formula is C16H15F2NO2. The van der Waals surface area contributed by atoms with Crippen molar-refractivity contribution in [2.75, 3.05) is 7.11 Å². The minimum atomic E-state index is -0.420. The molecule has 0 saturated heterocycles. The molecule has 0 heterocycles. The van der Waals surface area contributed by atoms with Gasteiger partial charge in [-0.3, -0.25) is 4.79 Å². The van der Waals surface area contributed by atoms with Gasteiger partial charge in [-0.2, -0.15) is 0 Å². The lowest BCUT2D eigenvalue weighted by molar-refractivity contribution is -0.120. The maximum Gasteiger partial charge on any atom is 0.224 e. The van der Waals surface area contributed by atoms with Crippen molar-refractivity contribution in [3.8, 4) is 5.75 Å². The van der Waals surface area contributed by atoms with E-state index in [1.165, 1.54) is 31.4 Å². The maximum atomic E-state index is 13.4. The topological polar surface area (TPSA) is 38.3 Å². The third-order valence-electron chi connectivity index (χ3n) is 3.03. The second-order valence-electron chi connectivity index (χ2n) is 4.50. The molecule has 0 radical (unpaired) electrons. The maximum absolute atomic E-state index is 13.4. The second kappa shape index (κ2) is 6.83. The molecule has 0 fully saturated rings. The predicted molar refractivity (Wildman–Crippen MR) is 74.9 cm³/mol. The van der Waals surface area contributed by atoms with E-state index in [1.54, 1.807) is 18.2 Å². The Kier molecular flexibility index (Phi) is 4.87. The van der Waals surface area contributed by atoms with Gasteiger partial charge in [-0.1, -0.05) is 18.2 Å². The molecule has 21 heavy (non-hydrogen) atoms. The van der Waals surface area contributed by atoms with E-state index >= 15 is 0 Å². The summed E-state index contributed by atoms with van der Waals surface area (Å²) in [6, 6.07) is 10.2. The number of carbonyl (C=O) groups excluding carboxylic acids is 1. The fraction of sp³-hybridized carbons (Fsp3) is 0.188. The number of rotatable bonds is 5. The molecular weight excluding hydrogens is 276 g/mol. The fourth-order valence-electron chi connectivity index (χ4n) is 1.96. The summed E-state index contributed by atoms with van der Waals surface area (Å²) in [7, 11) is 1.47. The molecule has 0 atom stereocenters.